The fraction of sp³-hybridized carbons (Fsp3) is 0.625. The van der Waals surface area contributed by atoms with Gasteiger partial charge in [0.05, 0.1) is 12.3 Å². The van der Waals surface area contributed by atoms with Crippen LogP contribution in [0.15, 0.2) is 16.9 Å². The summed E-state index contributed by atoms with van der Waals surface area (Å²) in [6.45, 7) is 1.84. The number of aromatic amines is 1. The molecule has 25 heavy (non-hydrogen) atoms. The first-order valence-electron chi connectivity index (χ1n) is 8.71. The van der Waals surface area contributed by atoms with Crippen molar-refractivity contribution >= 4 is 11.9 Å². The minimum atomic E-state index is -0.636. The van der Waals surface area contributed by atoms with Crippen LogP contribution in [0.1, 0.15) is 36.6 Å². The number of hydrogen-bond acceptors (Lipinski definition) is 7. The molecule has 4 rings (SSSR count). The SMILES string of the molecule is O=C(CCc1cn[nH]c1)N1CCN(c2noc(C3CC3)n2)C[C@@H](O)C1. The molecule has 1 aliphatic heterocycles. The van der Waals surface area contributed by atoms with Crippen molar-refractivity contribution in [3.63, 3.8) is 0 Å². The molecule has 9 heteroatoms. The number of aliphatic hydroxyl groups is 1. The minimum Gasteiger partial charge on any atom is -0.389 e. The van der Waals surface area contributed by atoms with Gasteiger partial charge in [-0.1, -0.05) is 0 Å². The number of nitrogens with zero attached hydrogens (tertiary/aromatic N) is 5. The van der Waals surface area contributed by atoms with Crippen molar-refractivity contribution < 1.29 is 14.4 Å². The molecule has 9 nitrogen and oxygen atoms in total. The second-order valence-electron chi connectivity index (χ2n) is 6.75. The normalized spacial score (nSPS) is 21.4. The zero-order valence-corrected chi connectivity index (χ0v) is 14.0. The van der Waals surface area contributed by atoms with E-state index in [-0.39, 0.29) is 5.91 Å². The topological polar surface area (TPSA) is 111 Å². The number of rotatable bonds is 5. The minimum absolute atomic E-state index is 0.0360. The zero-order chi connectivity index (χ0) is 17.2. The fourth-order valence-electron chi connectivity index (χ4n) is 3.07. The molecule has 0 spiro atoms. The number of carbonyl (C=O) groups is 1. The molecule has 2 aromatic heterocycles. The molecule has 0 unspecified atom stereocenters. The summed E-state index contributed by atoms with van der Waals surface area (Å²) in [5, 5.41) is 20.9. The standard InChI is InChI=1S/C16H22N6O3/c23-13-9-21(14(24)4-1-11-7-17-18-8-11)5-6-22(10-13)16-19-15(25-20-16)12-2-3-12/h7-8,12-13,23H,1-6,9-10H2,(H,17,18)/t13-/m0/s1. The number of aryl methyl sites for hydroxylation is 1. The van der Waals surface area contributed by atoms with Crippen molar-refractivity contribution in [3.8, 4) is 0 Å². The molecule has 0 bridgehead atoms. The third-order valence-electron chi connectivity index (χ3n) is 4.68. The molecule has 2 fully saturated rings. The summed E-state index contributed by atoms with van der Waals surface area (Å²) in [5.74, 6) is 1.63. The molecule has 1 atom stereocenters. The summed E-state index contributed by atoms with van der Waals surface area (Å²) in [5.41, 5.74) is 1.00. The van der Waals surface area contributed by atoms with Crippen LogP contribution in [0.25, 0.3) is 0 Å². The molecule has 1 aliphatic carbocycles. The van der Waals surface area contributed by atoms with E-state index in [0.29, 0.717) is 56.8 Å². The number of nitrogens with one attached hydrogen (secondary N) is 1. The van der Waals surface area contributed by atoms with Gasteiger partial charge >= 0.3 is 0 Å². The molecule has 2 aliphatic rings. The van der Waals surface area contributed by atoms with E-state index in [9.17, 15) is 9.90 Å². The van der Waals surface area contributed by atoms with E-state index < -0.39 is 6.10 Å². The number of aromatic nitrogens is 4. The molecular weight excluding hydrogens is 324 g/mol. The Bertz CT molecular complexity index is 711. The Morgan fingerprint density at radius 2 is 2.24 bits per heavy atom. The largest absolute Gasteiger partial charge is 0.389 e. The first-order chi connectivity index (χ1) is 12.2. The van der Waals surface area contributed by atoms with Gasteiger partial charge in [-0.05, 0) is 30.0 Å². The van der Waals surface area contributed by atoms with Crippen LogP contribution in [-0.4, -0.2) is 68.5 Å². The molecule has 2 N–H and O–H groups in total. The average molecular weight is 346 g/mol. The molecule has 0 aromatic carbocycles. The van der Waals surface area contributed by atoms with Gasteiger partial charge in [-0.25, -0.2) is 0 Å². The Kier molecular flexibility index (Phi) is 4.39. The van der Waals surface area contributed by atoms with Crippen LogP contribution >= 0.6 is 0 Å². The van der Waals surface area contributed by atoms with Gasteiger partial charge in [0.1, 0.15) is 0 Å². The van der Waals surface area contributed by atoms with E-state index >= 15 is 0 Å². The van der Waals surface area contributed by atoms with Crippen molar-refractivity contribution in [1.29, 1.82) is 0 Å². The number of H-pyrrole nitrogens is 1. The van der Waals surface area contributed by atoms with E-state index in [1.54, 1.807) is 17.3 Å². The van der Waals surface area contributed by atoms with Gasteiger partial charge in [0.15, 0.2) is 0 Å². The molecule has 1 saturated heterocycles. The predicted molar refractivity (Wildman–Crippen MR) is 88.0 cm³/mol. The van der Waals surface area contributed by atoms with Gasteiger partial charge in [-0.2, -0.15) is 10.1 Å². The van der Waals surface area contributed by atoms with Crippen molar-refractivity contribution in [2.24, 2.45) is 0 Å². The Balaban J connectivity index is 1.35. The lowest BCUT2D eigenvalue weighted by molar-refractivity contribution is -0.132. The number of amides is 1. The quantitative estimate of drug-likeness (QED) is 0.801. The maximum absolute atomic E-state index is 12.5. The number of hydrogen-bond donors (Lipinski definition) is 2. The van der Waals surface area contributed by atoms with Crippen molar-refractivity contribution in [1.82, 2.24) is 25.2 Å². The van der Waals surface area contributed by atoms with E-state index in [0.717, 1.165) is 18.4 Å². The smallest absolute Gasteiger partial charge is 0.266 e. The van der Waals surface area contributed by atoms with Gasteiger partial charge < -0.3 is 19.4 Å². The lowest BCUT2D eigenvalue weighted by atomic mass is 10.2. The number of anilines is 1. The molecule has 2 aromatic rings. The van der Waals surface area contributed by atoms with E-state index in [4.69, 9.17) is 4.52 Å². The summed E-state index contributed by atoms with van der Waals surface area (Å²) >= 11 is 0. The molecule has 1 saturated carbocycles. The Hall–Kier alpha value is -2.42. The highest BCUT2D eigenvalue weighted by Gasteiger charge is 2.32. The predicted octanol–water partition coefficient (Wildman–Crippen LogP) is 0.312. The summed E-state index contributed by atoms with van der Waals surface area (Å²) < 4.78 is 5.30. The molecule has 3 heterocycles. The highest BCUT2D eigenvalue weighted by atomic mass is 16.5. The summed E-state index contributed by atoms with van der Waals surface area (Å²) in [4.78, 5) is 20.5. The summed E-state index contributed by atoms with van der Waals surface area (Å²) in [6, 6.07) is 0. The molecular formula is C16H22N6O3. The second-order valence-corrected chi connectivity index (χ2v) is 6.75. The lowest BCUT2D eigenvalue weighted by Gasteiger charge is -2.21. The van der Waals surface area contributed by atoms with Crippen LogP contribution in [0.2, 0.25) is 0 Å². The molecule has 1 amide bonds. The third-order valence-corrected chi connectivity index (χ3v) is 4.68. The van der Waals surface area contributed by atoms with Crippen LogP contribution < -0.4 is 4.90 Å². The average Bonchev–Trinajstić information content (AvgIpc) is 3.17. The van der Waals surface area contributed by atoms with Crippen LogP contribution in [0.3, 0.4) is 0 Å². The monoisotopic (exact) mass is 346 g/mol. The van der Waals surface area contributed by atoms with Gasteiger partial charge in [-0.3, -0.25) is 9.89 Å². The van der Waals surface area contributed by atoms with Gasteiger partial charge in [0, 0.05) is 44.7 Å². The number of β-amino-alcohol motifs (C(OH)–C–C–N with tert-alkyl or cyclic N) is 1. The van der Waals surface area contributed by atoms with Gasteiger partial charge in [-0.15, -0.1) is 0 Å². The second kappa shape index (κ2) is 6.83. The lowest BCUT2D eigenvalue weighted by Crippen LogP contribution is -2.37. The highest BCUT2D eigenvalue weighted by Crippen LogP contribution is 2.39. The summed E-state index contributed by atoms with van der Waals surface area (Å²) in [7, 11) is 0. The highest BCUT2D eigenvalue weighted by molar-refractivity contribution is 5.76. The van der Waals surface area contributed by atoms with Crippen LogP contribution in [0.5, 0.6) is 0 Å². The van der Waals surface area contributed by atoms with E-state index in [2.05, 4.69) is 20.3 Å². The fourth-order valence-corrected chi connectivity index (χ4v) is 3.07. The number of carbonyl (C=O) groups excluding carboxylic acids is 1. The first-order valence-corrected chi connectivity index (χ1v) is 8.71. The maximum Gasteiger partial charge on any atom is 0.266 e. The summed E-state index contributed by atoms with van der Waals surface area (Å²) in [6.07, 6.45) is 6.12. The zero-order valence-electron chi connectivity index (χ0n) is 14.0. The Labute approximate surface area is 145 Å². The van der Waals surface area contributed by atoms with Crippen molar-refractivity contribution in [2.75, 3.05) is 31.1 Å². The molecule has 0 radical (unpaired) electrons. The van der Waals surface area contributed by atoms with Crippen molar-refractivity contribution in [3.05, 3.63) is 23.8 Å². The van der Waals surface area contributed by atoms with Gasteiger partial charge in [0.2, 0.25) is 11.8 Å². The Morgan fingerprint density at radius 1 is 1.36 bits per heavy atom. The van der Waals surface area contributed by atoms with Gasteiger partial charge in [0.25, 0.3) is 5.95 Å². The van der Waals surface area contributed by atoms with Crippen LogP contribution in [0, 0.1) is 0 Å². The Morgan fingerprint density at radius 3 is 3.00 bits per heavy atom. The third kappa shape index (κ3) is 3.81. The van der Waals surface area contributed by atoms with E-state index in [1.165, 1.54) is 0 Å². The van der Waals surface area contributed by atoms with Crippen molar-refractivity contribution in [2.45, 2.75) is 37.7 Å². The first kappa shape index (κ1) is 16.1. The number of aliphatic hydroxyl groups excluding tert-OH is 1. The maximum atomic E-state index is 12.5. The molecule has 134 valence electrons. The van der Waals surface area contributed by atoms with E-state index in [1.807, 2.05) is 4.90 Å². The van der Waals surface area contributed by atoms with Crippen LogP contribution in [-0.2, 0) is 11.2 Å². The van der Waals surface area contributed by atoms with Crippen LogP contribution in [0.4, 0.5) is 5.95 Å².